The van der Waals surface area contributed by atoms with Crippen molar-refractivity contribution < 1.29 is 27.5 Å². The molecule has 0 radical (unpaired) electrons. The number of anilines is 1. The molecule has 0 unspecified atom stereocenters. The fraction of sp³-hybridized carbons (Fsp3) is 0.579. The molecule has 5 nitrogen and oxygen atoms in total. The molecule has 150 valence electrons. The maximum Gasteiger partial charge on any atom is 0.422 e. The van der Waals surface area contributed by atoms with E-state index in [4.69, 9.17) is 0 Å². The first-order valence-corrected chi connectivity index (χ1v) is 8.85. The van der Waals surface area contributed by atoms with Gasteiger partial charge in [0.15, 0.2) is 6.61 Å². The molecule has 1 aliphatic heterocycles. The number of hydrogen-bond donors (Lipinski definition) is 1. The fourth-order valence-corrected chi connectivity index (χ4v) is 2.86. The Morgan fingerprint density at radius 3 is 2.15 bits per heavy atom. The highest BCUT2D eigenvalue weighted by Crippen LogP contribution is 2.25. The zero-order chi connectivity index (χ0) is 20.2. The Hall–Kier alpha value is -2.25. The highest BCUT2D eigenvalue weighted by molar-refractivity contribution is 5.92. The highest BCUT2D eigenvalue weighted by Gasteiger charge is 2.32. The van der Waals surface area contributed by atoms with Crippen LogP contribution in [0.5, 0.6) is 5.75 Å². The number of carbonyl (C=O) groups excluding carboxylic acids is 2. The molecule has 2 amide bonds. The molecule has 27 heavy (non-hydrogen) atoms. The van der Waals surface area contributed by atoms with Gasteiger partial charge in [0.05, 0.1) is 0 Å². The molecule has 1 aromatic rings. The van der Waals surface area contributed by atoms with E-state index in [0.29, 0.717) is 31.6 Å². The van der Waals surface area contributed by atoms with Crippen molar-refractivity contribution >= 4 is 17.5 Å². The van der Waals surface area contributed by atoms with E-state index < -0.39 is 18.2 Å². The third kappa shape index (κ3) is 6.45. The van der Waals surface area contributed by atoms with Crippen LogP contribution in [-0.2, 0) is 9.59 Å². The van der Waals surface area contributed by atoms with Crippen molar-refractivity contribution in [3.05, 3.63) is 24.3 Å². The Morgan fingerprint density at radius 1 is 1.11 bits per heavy atom. The van der Waals surface area contributed by atoms with Crippen molar-refractivity contribution in [3.8, 4) is 5.75 Å². The number of carbonyl (C=O) groups is 2. The fourth-order valence-electron chi connectivity index (χ4n) is 2.86. The summed E-state index contributed by atoms with van der Waals surface area (Å²) in [6, 6.07) is 5.77. The van der Waals surface area contributed by atoms with Gasteiger partial charge in [-0.1, -0.05) is 20.8 Å². The molecule has 1 heterocycles. The lowest BCUT2D eigenvalue weighted by Crippen LogP contribution is -2.45. The maximum absolute atomic E-state index is 12.4. The van der Waals surface area contributed by atoms with Crippen LogP contribution in [0.1, 0.15) is 33.6 Å². The van der Waals surface area contributed by atoms with Gasteiger partial charge in [0.2, 0.25) is 11.8 Å². The summed E-state index contributed by atoms with van der Waals surface area (Å²) in [5.41, 5.74) is 0.0537. The first-order valence-electron chi connectivity index (χ1n) is 8.85. The second-order valence-electron chi connectivity index (χ2n) is 7.73. The van der Waals surface area contributed by atoms with Gasteiger partial charge in [-0.15, -0.1) is 0 Å². The second kappa shape index (κ2) is 8.19. The van der Waals surface area contributed by atoms with Crippen LogP contribution in [-0.4, -0.2) is 42.6 Å². The van der Waals surface area contributed by atoms with Gasteiger partial charge in [-0.05, 0) is 37.1 Å². The number of piperidine rings is 1. The van der Waals surface area contributed by atoms with Gasteiger partial charge in [-0.2, -0.15) is 13.2 Å². The van der Waals surface area contributed by atoms with E-state index in [0.717, 1.165) is 0 Å². The number of hydrogen-bond acceptors (Lipinski definition) is 3. The summed E-state index contributed by atoms with van der Waals surface area (Å²) in [6.45, 7) is 5.34. The van der Waals surface area contributed by atoms with Crippen molar-refractivity contribution in [2.45, 2.75) is 39.8 Å². The molecule has 1 N–H and O–H groups in total. The van der Waals surface area contributed by atoms with Crippen LogP contribution < -0.4 is 10.1 Å². The minimum atomic E-state index is -4.39. The lowest BCUT2D eigenvalue weighted by Gasteiger charge is -2.35. The lowest BCUT2D eigenvalue weighted by atomic mass is 9.90. The second-order valence-corrected chi connectivity index (χ2v) is 7.73. The number of amides is 2. The zero-order valence-corrected chi connectivity index (χ0v) is 15.7. The van der Waals surface area contributed by atoms with Gasteiger partial charge in [0.25, 0.3) is 0 Å². The molecule has 1 fully saturated rings. The third-order valence-corrected chi connectivity index (χ3v) is 4.32. The summed E-state index contributed by atoms with van der Waals surface area (Å²) in [5.74, 6) is -0.188. The number of likely N-dealkylation sites (tertiary alicyclic amines) is 1. The van der Waals surface area contributed by atoms with E-state index in [1.54, 1.807) is 4.90 Å². The van der Waals surface area contributed by atoms with E-state index in [9.17, 15) is 22.8 Å². The molecule has 1 aliphatic rings. The minimum Gasteiger partial charge on any atom is -0.484 e. The topological polar surface area (TPSA) is 58.6 Å². The molecule has 0 atom stereocenters. The average molecular weight is 386 g/mol. The van der Waals surface area contributed by atoms with E-state index in [1.165, 1.54) is 24.3 Å². The Labute approximate surface area is 156 Å². The van der Waals surface area contributed by atoms with Gasteiger partial charge in [-0.3, -0.25) is 9.59 Å². The van der Waals surface area contributed by atoms with Crippen LogP contribution in [0.3, 0.4) is 0 Å². The van der Waals surface area contributed by atoms with Crippen molar-refractivity contribution in [1.82, 2.24) is 4.90 Å². The first kappa shape index (κ1) is 21.1. The van der Waals surface area contributed by atoms with Gasteiger partial charge in [-0.25, -0.2) is 0 Å². The largest absolute Gasteiger partial charge is 0.484 e. The Morgan fingerprint density at radius 2 is 1.67 bits per heavy atom. The predicted octanol–water partition coefficient (Wildman–Crippen LogP) is 3.85. The van der Waals surface area contributed by atoms with Crippen molar-refractivity contribution in [1.29, 1.82) is 0 Å². The van der Waals surface area contributed by atoms with Crippen molar-refractivity contribution in [2.75, 3.05) is 25.0 Å². The Balaban J connectivity index is 1.83. The molecule has 0 bridgehead atoms. The minimum absolute atomic E-state index is 0.0794. The summed E-state index contributed by atoms with van der Waals surface area (Å²) >= 11 is 0. The summed E-state index contributed by atoms with van der Waals surface area (Å²) in [5, 5.41) is 2.77. The molecule has 1 aromatic carbocycles. The summed E-state index contributed by atoms with van der Waals surface area (Å²) in [4.78, 5) is 26.5. The van der Waals surface area contributed by atoms with E-state index in [-0.39, 0.29) is 23.5 Å². The van der Waals surface area contributed by atoms with Crippen LogP contribution in [0.4, 0.5) is 18.9 Å². The van der Waals surface area contributed by atoms with Gasteiger partial charge >= 0.3 is 6.18 Å². The van der Waals surface area contributed by atoms with E-state index in [1.807, 2.05) is 20.8 Å². The zero-order valence-electron chi connectivity index (χ0n) is 15.7. The number of alkyl halides is 3. The normalized spacial score (nSPS) is 16.1. The lowest BCUT2D eigenvalue weighted by molar-refractivity contribution is -0.153. The molecule has 0 aliphatic carbocycles. The number of ether oxygens (including phenoxy) is 1. The predicted molar refractivity (Wildman–Crippen MR) is 95.4 cm³/mol. The van der Waals surface area contributed by atoms with Crippen LogP contribution in [0.25, 0.3) is 0 Å². The van der Waals surface area contributed by atoms with Gasteiger partial charge in [0, 0.05) is 30.1 Å². The first-order chi connectivity index (χ1) is 12.5. The standard InChI is InChI=1S/C19H25F3N2O3/c1-18(2,3)17(26)24-10-8-13(9-11-24)16(25)23-14-4-6-15(7-5-14)27-12-19(20,21)22/h4-7,13H,8-12H2,1-3H3,(H,23,25). The molecule has 2 rings (SSSR count). The molecule has 8 heteroatoms. The number of benzene rings is 1. The Bertz CT molecular complexity index is 658. The smallest absolute Gasteiger partial charge is 0.422 e. The maximum atomic E-state index is 12.4. The van der Waals surface area contributed by atoms with Crippen LogP contribution in [0, 0.1) is 11.3 Å². The van der Waals surface area contributed by atoms with E-state index >= 15 is 0 Å². The molecule has 0 saturated carbocycles. The molecular formula is C19H25F3N2O3. The quantitative estimate of drug-likeness (QED) is 0.855. The third-order valence-electron chi connectivity index (χ3n) is 4.32. The van der Waals surface area contributed by atoms with Gasteiger partial charge < -0.3 is 15.0 Å². The SMILES string of the molecule is CC(C)(C)C(=O)N1CCC(C(=O)Nc2ccc(OCC(F)(F)F)cc2)CC1. The Kier molecular flexibility index (Phi) is 6.38. The van der Waals surface area contributed by atoms with Crippen molar-refractivity contribution in [3.63, 3.8) is 0 Å². The summed E-state index contributed by atoms with van der Waals surface area (Å²) in [7, 11) is 0. The summed E-state index contributed by atoms with van der Waals surface area (Å²) in [6.07, 6.45) is -3.23. The number of rotatable bonds is 4. The molecular weight excluding hydrogens is 361 g/mol. The summed E-state index contributed by atoms with van der Waals surface area (Å²) < 4.78 is 41.0. The highest BCUT2D eigenvalue weighted by atomic mass is 19.4. The van der Waals surface area contributed by atoms with Gasteiger partial charge in [0.1, 0.15) is 5.75 Å². The average Bonchev–Trinajstić information content (AvgIpc) is 2.59. The molecule has 0 spiro atoms. The molecule has 0 aromatic heterocycles. The number of nitrogens with zero attached hydrogens (tertiary/aromatic N) is 1. The number of halogens is 3. The van der Waals surface area contributed by atoms with Crippen LogP contribution in [0.15, 0.2) is 24.3 Å². The number of nitrogens with one attached hydrogen (secondary N) is 1. The van der Waals surface area contributed by atoms with Crippen molar-refractivity contribution in [2.24, 2.45) is 11.3 Å². The van der Waals surface area contributed by atoms with E-state index in [2.05, 4.69) is 10.1 Å². The van der Waals surface area contributed by atoms with Crippen LogP contribution in [0.2, 0.25) is 0 Å². The molecule has 1 saturated heterocycles. The van der Waals surface area contributed by atoms with Crippen LogP contribution >= 0.6 is 0 Å². The monoisotopic (exact) mass is 386 g/mol.